The van der Waals surface area contributed by atoms with Gasteiger partial charge in [0.05, 0.1) is 0 Å². The van der Waals surface area contributed by atoms with Crippen LogP contribution in [0.1, 0.15) is 57.8 Å². The molecule has 0 spiro atoms. The minimum atomic E-state index is 0.343. The van der Waals surface area contributed by atoms with E-state index >= 15 is 0 Å². The summed E-state index contributed by atoms with van der Waals surface area (Å²) >= 11 is 5.50. The number of unbranched alkanes of at least 4 members (excludes halogenated alkanes) is 5. The van der Waals surface area contributed by atoms with Crippen LogP contribution in [0.2, 0.25) is 0 Å². The molecule has 1 rings (SSSR count). The maximum absolute atomic E-state index is 8.45. The van der Waals surface area contributed by atoms with Crippen LogP contribution >= 0.6 is 11.6 Å². The van der Waals surface area contributed by atoms with Crippen molar-refractivity contribution in [3.05, 3.63) is 0 Å². The summed E-state index contributed by atoms with van der Waals surface area (Å²) in [7, 11) is 0. The molecule has 2 nitrogen and oxygen atoms in total. The molecule has 0 bridgehead atoms. The quantitative estimate of drug-likeness (QED) is 0.551. The van der Waals surface area contributed by atoms with Gasteiger partial charge < -0.3 is 9.84 Å². The maximum atomic E-state index is 8.45. The van der Waals surface area contributed by atoms with Crippen molar-refractivity contribution in [2.24, 2.45) is 0 Å². The maximum Gasteiger partial charge on any atom is 0.0466 e. The summed E-state index contributed by atoms with van der Waals surface area (Å²) in [5, 5.41) is 8.45. The van der Waals surface area contributed by atoms with Crippen LogP contribution in [-0.4, -0.2) is 30.8 Å². The number of halogens is 1. The van der Waals surface area contributed by atoms with E-state index in [4.69, 9.17) is 21.4 Å². The van der Waals surface area contributed by atoms with Gasteiger partial charge in [0.2, 0.25) is 0 Å². The van der Waals surface area contributed by atoms with Gasteiger partial charge in [-0.25, -0.2) is 0 Å². The van der Waals surface area contributed by atoms with Crippen LogP contribution in [-0.2, 0) is 4.74 Å². The van der Waals surface area contributed by atoms with Crippen molar-refractivity contribution in [1.29, 1.82) is 0 Å². The minimum absolute atomic E-state index is 0.343. The van der Waals surface area contributed by atoms with E-state index in [-0.39, 0.29) is 0 Å². The Labute approximate surface area is 105 Å². The molecule has 1 aliphatic rings. The molecule has 0 saturated carbocycles. The van der Waals surface area contributed by atoms with Gasteiger partial charge in [0.25, 0.3) is 0 Å². The van der Waals surface area contributed by atoms with Gasteiger partial charge in [-0.3, -0.25) is 0 Å². The molecule has 0 amide bonds. The molecule has 1 fully saturated rings. The van der Waals surface area contributed by atoms with Gasteiger partial charge in [-0.2, -0.15) is 0 Å². The van der Waals surface area contributed by atoms with E-state index in [2.05, 4.69) is 0 Å². The molecule has 0 radical (unpaired) electrons. The lowest BCUT2D eigenvalue weighted by atomic mass is 10.1. The van der Waals surface area contributed by atoms with E-state index in [0.29, 0.717) is 6.61 Å². The van der Waals surface area contributed by atoms with Crippen molar-refractivity contribution in [1.82, 2.24) is 0 Å². The van der Waals surface area contributed by atoms with Gasteiger partial charge in [0, 0.05) is 25.7 Å². The Morgan fingerprint density at radius 3 is 1.75 bits per heavy atom. The number of ether oxygens (including phenoxy) is 1. The molecule has 1 N–H and O–H groups in total. The van der Waals surface area contributed by atoms with Crippen molar-refractivity contribution in [3.8, 4) is 0 Å². The third-order valence-electron chi connectivity index (χ3n) is 2.62. The molecule has 1 heterocycles. The molecule has 0 aromatic heterocycles. The smallest absolute Gasteiger partial charge is 0.0466 e. The first-order valence-electron chi connectivity index (χ1n) is 6.66. The van der Waals surface area contributed by atoms with Crippen molar-refractivity contribution >= 4 is 11.6 Å². The fourth-order valence-corrected chi connectivity index (χ4v) is 1.79. The molecule has 98 valence electrons. The fraction of sp³-hybridized carbons (Fsp3) is 1.00. The van der Waals surface area contributed by atoms with E-state index < -0.39 is 0 Å². The zero-order valence-electron chi connectivity index (χ0n) is 10.4. The number of rotatable bonds is 7. The molecule has 0 atom stereocenters. The summed E-state index contributed by atoms with van der Waals surface area (Å²) < 4.78 is 5.07. The van der Waals surface area contributed by atoms with Gasteiger partial charge >= 0.3 is 0 Å². The van der Waals surface area contributed by atoms with Gasteiger partial charge in [0.15, 0.2) is 0 Å². The SMILES string of the molecule is C1CCOCC1.OCCCCCCCCCl. The first-order valence-corrected chi connectivity index (χ1v) is 7.20. The van der Waals surface area contributed by atoms with E-state index in [9.17, 15) is 0 Å². The minimum Gasteiger partial charge on any atom is -0.396 e. The molecular weight excluding hydrogens is 224 g/mol. The van der Waals surface area contributed by atoms with Crippen molar-refractivity contribution in [3.63, 3.8) is 0 Å². The van der Waals surface area contributed by atoms with E-state index in [1.165, 1.54) is 44.9 Å². The van der Waals surface area contributed by atoms with E-state index in [0.717, 1.165) is 31.9 Å². The summed E-state index contributed by atoms with van der Waals surface area (Å²) in [6, 6.07) is 0. The summed E-state index contributed by atoms with van der Waals surface area (Å²) in [4.78, 5) is 0. The Kier molecular flexibility index (Phi) is 15.4. The first kappa shape index (κ1) is 16.2. The molecule has 0 unspecified atom stereocenters. The average Bonchev–Trinajstić information content (AvgIpc) is 2.37. The average molecular weight is 251 g/mol. The largest absolute Gasteiger partial charge is 0.396 e. The van der Waals surface area contributed by atoms with Crippen LogP contribution in [0.3, 0.4) is 0 Å². The predicted molar refractivity (Wildman–Crippen MR) is 70.2 cm³/mol. The molecule has 1 aliphatic heterocycles. The molecule has 0 aliphatic carbocycles. The van der Waals surface area contributed by atoms with Crippen molar-refractivity contribution < 1.29 is 9.84 Å². The van der Waals surface area contributed by atoms with Crippen molar-refractivity contribution in [2.45, 2.75) is 57.8 Å². The monoisotopic (exact) mass is 250 g/mol. The van der Waals surface area contributed by atoms with Crippen LogP contribution < -0.4 is 0 Å². The normalized spacial score (nSPS) is 15.4. The highest BCUT2D eigenvalue weighted by atomic mass is 35.5. The lowest BCUT2D eigenvalue weighted by molar-refractivity contribution is 0.0968. The molecular formula is C13H27ClO2. The second-order valence-electron chi connectivity index (χ2n) is 4.21. The highest BCUT2D eigenvalue weighted by molar-refractivity contribution is 6.17. The number of hydrogen-bond acceptors (Lipinski definition) is 2. The lowest BCUT2D eigenvalue weighted by Gasteiger charge is -2.08. The second-order valence-corrected chi connectivity index (χ2v) is 4.58. The fourth-order valence-electron chi connectivity index (χ4n) is 1.60. The Morgan fingerprint density at radius 2 is 1.38 bits per heavy atom. The second kappa shape index (κ2) is 15.2. The standard InChI is InChI=1S/C8H17ClO.C5H10O/c9-7-5-3-1-2-4-6-8-10;1-2-4-6-5-3-1/h10H,1-8H2;1-5H2. The van der Waals surface area contributed by atoms with Gasteiger partial charge in [0.1, 0.15) is 0 Å². The summed E-state index contributed by atoms with van der Waals surface area (Å²) in [6.45, 7) is 2.34. The van der Waals surface area contributed by atoms with Crippen LogP contribution in [0.15, 0.2) is 0 Å². The highest BCUT2D eigenvalue weighted by Gasteiger charge is 1.95. The van der Waals surface area contributed by atoms with Gasteiger partial charge in [-0.05, 0) is 32.1 Å². The van der Waals surface area contributed by atoms with Crippen LogP contribution in [0.25, 0.3) is 0 Å². The Balaban J connectivity index is 0.000000315. The number of alkyl halides is 1. The third kappa shape index (κ3) is 14.2. The van der Waals surface area contributed by atoms with Gasteiger partial charge in [-0.15, -0.1) is 11.6 Å². The summed E-state index contributed by atoms with van der Waals surface area (Å²) in [6.07, 6.45) is 11.0. The third-order valence-corrected chi connectivity index (χ3v) is 2.89. The van der Waals surface area contributed by atoms with Gasteiger partial charge in [-0.1, -0.05) is 25.7 Å². The predicted octanol–water partition coefficient (Wildman–Crippen LogP) is 3.75. The molecule has 16 heavy (non-hydrogen) atoms. The zero-order valence-corrected chi connectivity index (χ0v) is 11.2. The Hall–Kier alpha value is 0.210. The number of aliphatic hydroxyl groups excluding tert-OH is 1. The number of hydrogen-bond donors (Lipinski definition) is 1. The van der Waals surface area contributed by atoms with Crippen LogP contribution in [0.4, 0.5) is 0 Å². The van der Waals surface area contributed by atoms with Crippen LogP contribution in [0, 0.1) is 0 Å². The molecule has 3 heteroatoms. The van der Waals surface area contributed by atoms with E-state index in [1.807, 2.05) is 0 Å². The molecule has 0 aromatic carbocycles. The first-order chi connectivity index (χ1) is 7.91. The highest BCUT2D eigenvalue weighted by Crippen LogP contribution is 2.05. The van der Waals surface area contributed by atoms with Crippen LogP contribution in [0.5, 0.6) is 0 Å². The lowest BCUT2D eigenvalue weighted by Crippen LogP contribution is -2.03. The Morgan fingerprint density at radius 1 is 0.812 bits per heavy atom. The summed E-state index contributed by atoms with van der Waals surface area (Å²) in [5.41, 5.74) is 0. The summed E-state index contributed by atoms with van der Waals surface area (Å²) in [5.74, 6) is 0.792. The van der Waals surface area contributed by atoms with Crippen molar-refractivity contribution in [2.75, 3.05) is 25.7 Å². The Bertz CT molecular complexity index is 97.0. The van der Waals surface area contributed by atoms with E-state index in [1.54, 1.807) is 0 Å². The topological polar surface area (TPSA) is 29.5 Å². The molecule has 0 aromatic rings. The molecule has 1 saturated heterocycles. The number of aliphatic hydroxyl groups is 1. The zero-order chi connectivity index (χ0) is 11.9.